The van der Waals surface area contributed by atoms with Gasteiger partial charge in [0.15, 0.2) is 0 Å². The van der Waals surface area contributed by atoms with Crippen molar-refractivity contribution in [1.29, 1.82) is 0 Å². The smallest absolute Gasteiger partial charge is 0.251 e. The zero-order chi connectivity index (χ0) is 16.4. The van der Waals surface area contributed by atoms with E-state index in [1.165, 1.54) is 4.31 Å². The number of anilines is 1. The van der Waals surface area contributed by atoms with Crippen LogP contribution in [-0.2, 0) is 10.0 Å². The van der Waals surface area contributed by atoms with E-state index in [2.05, 4.69) is 5.32 Å². The molecule has 23 heavy (non-hydrogen) atoms. The van der Waals surface area contributed by atoms with E-state index in [0.717, 1.165) is 19.3 Å². The van der Waals surface area contributed by atoms with Crippen LogP contribution in [0, 0.1) is 5.92 Å². The Morgan fingerprint density at radius 2 is 2.13 bits per heavy atom. The van der Waals surface area contributed by atoms with Crippen LogP contribution in [0.15, 0.2) is 24.3 Å². The van der Waals surface area contributed by atoms with E-state index in [1.807, 2.05) is 0 Å². The highest BCUT2D eigenvalue weighted by atomic mass is 32.2. The van der Waals surface area contributed by atoms with Crippen molar-refractivity contribution in [2.45, 2.75) is 31.7 Å². The lowest BCUT2D eigenvalue weighted by Crippen LogP contribution is -2.39. The molecule has 1 aromatic rings. The van der Waals surface area contributed by atoms with E-state index in [1.54, 1.807) is 24.3 Å². The van der Waals surface area contributed by atoms with Crippen LogP contribution < -0.4 is 15.4 Å². The van der Waals surface area contributed by atoms with Gasteiger partial charge >= 0.3 is 0 Å². The minimum absolute atomic E-state index is 0.117. The molecular formula is C16H23N3O3S. The molecule has 0 bridgehead atoms. The first-order valence-electron chi connectivity index (χ1n) is 8.12. The molecule has 3 rings (SSSR count). The van der Waals surface area contributed by atoms with E-state index >= 15 is 0 Å². The van der Waals surface area contributed by atoms with Crippen molar-refractivity contribution < 1.29 is 13.2 Å². The maximum absolute atomic E-state index is 12.5. The number of carbonyl (C=O) groups is 1. The first kappa shape index (κ1) is 16.3. The Labute approximate surface area is 137 Å². The van der Waals surface area contributed by atoms with Crippen molar-refractivity contribution in [3.05, 3.63) is 29.8 Å². The molecule has 1 heterocycles. The SMILES string of the molecule is NCC1CCCC1NC(=O)c1cccc(N2CCCS2(=O)=O)c1. The van der Waals surface area contributed by atoms with Gasteiger partial charge in [-0.05, 0) is 49.9 Å². The summed E-state index contributed by atoms with van der Waals surface area (Å²) in [6.45, 7) is 1.06. The van der Waals surface area contributed by atoms with Crippen molar-refractivity contribution in [2.75, 3.05) is 23.1 Å². The van der Waals surface area contributed by atoms with Crippen LogP contribution in [0.5, 0.6) is 0 Å². The third-order valence-electron chi connectivity index (χ3n) is 4.77. The first-order valence-corrected chi connectivity index (χ1v) is 9.73. The number of benzene rings is 1. The molecule has 126 valence electrons. The minimum Gasteiger partial charge on any atom is -0.349 e. The molecule has 6 nitrogen and oxygen atoms in total. The summed E-state index contributed by atoms with van der Waals surface area (Å²) in [5, 5.41) is 3.05. The third kappa shape index (κ3) is 3.35. The molecule has 0 radical (unpaired) electrons. The van der Waals surface area contributed by atoms with Crippen LogP contribution in [0.1, 0.15) is 36.0 Å². The van der Waals surface area contributed by atoms with Crippen LogP contribution in [-0.4, -0.2) is 39.2 Å². The number of carbonyl (C=O) groups excluding carboxylic acids is 1. The summed E-state index contributed by atoms with van der Waals surface area (Å²) in [5.74, 6) is 0.346. The van der Waals surface area contributed by atoms with Crippen LogP contribution in [0.2, 0.25) is 0 Å². The molecule has 3 N–H and O–H groups in total. The molecule has 2 atom stereocenters. The van der Waals surface area contributed by atoms with Crippen molar-refractivity contribution in [3.8, 4) is 0 Å². The monoisotopic (exact) mass is 337 g/mol. The number of rotatable bonds is 4. The number of sulfonamides is 1. The molecule has 0 aromatic heterocycles. The van der Waals surface area contributed by atoms with Crippen LogP contribution in [0.4, 0.5) is 5.69 Å². The number of nitrogens with zero attached hydrogens (tertiary/aromatic N) is 1. The fourth-order valence-corrected chi connectivity index (χ4v) is 5.05. The Hall–Kier alpha value is -1.60. The maximum Gasteiger partial charge on any atom is 0.251 e. The van der Waals surface area contributed by atoms with E-state index < -0.39 is 10.0 Å². The van der Waals surface area contributed by atoms with E-state index in [-0.39, 0.29) is 17.7 Å². The molecule has 2 aliphatic rings. The van der Waals surface area contributed by atoms with Gasteiger partial charge in [0.1, 0.15) is 0 Å². The Morgan fingerprint density at radius 3 is 2.83 bits per heavy atom. The molecule has 1 saturated heterocycles. The third-order valence-corrected chi connectivity index (χ3v) is 6.64. The molecule has 0 spiro atoms. The van der Waals surface area contributed by atoms with Gasteiger partial charge in [-0.1, -0.05) is 12.5 Å². The molecule has 1 aliphatic carbocycles. The Morgan fingerprint density at radius 1 is 1.30 bits per heavy atom. The van der Waals surface area contributed by atoms with Gasteiger partial charge in [0.2, 0.25) is 10.0 Å². The van der Waals surface area contributed by atoms with E-state index in [4.69, 9.17) is 5.73 Å². The minimum atomic E-state index is -3.23. The Balaban J connectivity index is 1.76. The highest BCUT2D eigenvalue weighted by Gasteiger charge is 2.30. The van der Waals surface area contributed by atoms with Crippen molar-refractivity contribution in [3.63, 3.8) is 0 Å². The molecule has 1 aliphatic heterocycles. The topological polar surface area (TPSA) is 92.5 Å². The lowest BCUT2D eigenvalue weighted by molar-refractivity contribution is 0.0929. The van der Waals surface area contributed by atoms with Crippen LogP contribution in [0.25, 0.3) is 0 Å². The predicted octanol–water partition coefficient (Wildman–Crippen LogP) is 1.08. The molecule has 7 heteroatoms. The number of nitrogens with one attached hydrogen (secondary N) is 1. The summed E-state index contributed by atoms with van der Waals surface area (Å²) < 4.78 is 25.4. The van der Waals surface area contributed by atoms with Gasteiger partial charge in [-0.3, -0.25) is 9.10 Å². The fraction of sp³-hybridized carbons (Fsp3) is 0.562. The van der Waals surface area contributed by atoms with Gasteiger partial charge in [-0.15, -0.1) is 0 Å². The summed E-state index contributed by atoms with van der Waals surface area (Å²) in [4.78, 5) is 12.5. The molecule has 1 aromatic carbocycles. The van der Waals surface area contributed by atoms with Gasteiger partial charge in [-0.2, -0.15) is 0 Å². The molecule has 1 amide bonds. The Kier molecular flexibility index (Phi) is 4.59. The van der Waals surface area contributed by atoms with Gasteiger partial charge in [0.25, 0.3) is 5.91 Å². The second kappa shape index (κ2) is 6.49. The van der Waals surface area contributed by atoms with Gasteiger partial charge in [0, 0.05) is 18.2 Å². The highest BCUT2D eigenvalue weighted by molar-refractivity contribution is 7.93. The maximum atomic E-state index is 12.5. The highest BCUT2D eigenvalue weighted by Crippen LogP contribution is 2.27. The van der Waals surface area contributed by atoms with Gasteiger partial charge in [0.05, 0.1) is 11.4 Å². The normalized spacial score (nSPS) is 26.4. The fourth-order valence-electron chi connectivity index (χ4n) is 3.49. The average Bonchev–Trinajstić information content (AvgIpc) is 3.12. The van der Waals surface area contributed by atoms with Crippen LogP contribution in [0.3, 0.4) is 0 Å². The lowest BCUT2D eigenvalue weighted by Gasteiger charge is -2.21. The molecular weight excluding hydrogens is 314 g/mol. The standard InChI is InChI=1S/C16H23N3O3S/c17-11-13-5-2-7-15(13)18-16(20)12-4-1-6-14(10-12)19-8-3-9-23(19,21)22/h1,4,6,10,13,15H,2-3,5,7-9,11,17H2,(H,18,20). The zero-order valence-corrected chi connectivity index (χ0v) is 13.9. The van der Waals surface area contributed by atoms with Gasteiger partial charge in [-0.25, -0.2) is 8.42 Å². The lowest BCUT2D eigenvalue weighted by atomic mass is 10.0. The number of nitrogens with two attached hydrogens (primary N) is 1. The van der Waals surface area contributed by atoms with Crippen molar-refractivity contribution in [1.82, 2.24) is 5.32 Å². The number of amides is 1. The summed E-state index contributed by atoms with van der Waals surface area (Å²) in [5.41, 5.74) is 6.81. The second-order valence-electron chi connectivity index (χ2n) is 6.30. The summed E-state index contributed by atoms with van der Waals surface area (Å²) in [7, 11) is -3.23. The summed E-state index contributed by atoms with van der Waals surface area (Å²) >= 11 is 0. The van der Waals surface area contributed by atoms with E-state index in [0.29, 0.717) is 36.7 Å². The van der Waals surface area contributed by atoms with Gasteiger partial charge < -0.3 is 11.1 Å². The summed E-state index contributed by atoms with van der Waals surface area (Å²) in [6, 6.07) is 6.95. The first-order chi connectivity index (χ1) is 11.0. The van der Waals surface area contributed by atoms with Crippen molar-refractivity contribution >= 4 is 21.6 Å². The largest absolute Gasteiger partial charge is 0.349 e. The second-order valence-corrected chi connectivity index (χ2v) is 8.31. The average molecular weight is 337 g/mol. The Bertz CT molecular complexity index is 690. The number of hydrogen-bond acceptors (Lipinski definition) is 4. The molecule has 2 unspecified atom stereocenters. The number of hydrogen-bond donors (Lipinski definition) is 2. The quantitative estimate of drug-likeness (QED) is 0.860. The molecule has 2 fully saturated rings. The predicted molar refractivity (Wildman–Crippen MR) is 89.8 cm³/mol. The molecule has 1 saturated carbocycles. The van der Waals surface area contributed by atoms with Crippen LogP contribution >= 0.6 is 0 Å². The van der Waals surface area contributed by atoms with E-state index in [9.17, 15) is 13.2 Å². The summed E-state index contributed by atoms with van der Waals surface area (Å²) in [6.07, 6.45) is 3.71. The van der Waals surface area contributed by atoms with Crippen molar-refractivity contribution in [2.24, 2.45) is 11.7 Å². The zero-order valence-electron chi connectivity index (χ0n) is 13.1.